The summed E-state index contributed by atoms with van der Waals surface area (Å²) < 4.78 is 50.0. The van der Waals surface area contributed by atoms with Gasteiger partial charge in [0, 0.05) is 12.1 Å². The summed E-state index contributed by atoms with van der Waals surface area (Å²) in [5, 5.41) is 2.62. The number of nitrogens with two attached hydrogens (primary N) is 1. The van der Waals surface area contributed by atoms with Gasteiger partial charge in [0.05, 0.1) is 0 Å². The fourth-order valence-corrected chi connectivity index (χ4v) is 1.82. The molecule has 0 aliphatic carbocycles. The zero-order valence-corrected chi connectivity index (χ0v) is 11.1. The lowest BCUT2D eigenvalue weighted by Gasteiger charge is -2.18. The first kappa shape index (κ1) is 16.3. The van der Waals surface area contributed by atoms with Crippen molar-refractivity contribution in [3.8, 4) is 0 Å². The molecule has 3 nitrogen and oxygen atoms in total. The average molecular weight is 292 g/mol. The highest BCUT2D eigenvalue weighted by atomic mass is 19.4. The van der Waals surface area contributed by atoms with E-state index in [-0.39, 0.29) is 5.82 Å². The van der Waals surface area contributed by atoms with Crippen molar-refractivity contribution >= 4 is 11.6 Å². The summed E-state index contributed by atoms with van der Waals surface area (Å²) in [4.78, 5) is 11.2. The number of carbonyl (C=O) groups is 1. The Morgan fingerprint density at radius 1 is 1.30 bits per heavy atom. The number of halogens is 4. The van der Waals surface area contributed by atoms with Gasteiger partial charge in [-0.15, -0.1) is 0 Å². The second kappa shape index (κ2) is 6.11. The summed E-state index contributed by atoms with van der Waals surface area (Å²) in [6.45, 7) is 3.06. The molecule has 1 atom stereocenters. The van der Waals surface area contributed by atoms with Gasteiger partial charge in [-0.3, -0.25) is 4.79 Å². The van der Waals surface area contributed by atoms with Crippen LogP contribution < -0.4 is 11.1 Å². The molecule has 0 saturated heterocycles. The number of benzene rings is 1. The monoisotopic (exact) mass is 292 g/mol. The summed E-state index contributed by atoms with van der Waals surface area (Å²) >= 11 is 0. The molecule has 1 rings (SSSR count). The zero-order valence-electron chi connectivity index (χ0n) is 11.1. The first-order valence-electron chi connectivity index (χ1n) is 5.99. The van der Waals surface area contributed by atoms with Crippen LogP contribution in [0, 0.1) is 19.7 Å². The number of anilines is 1. The lowest BCUT2D eigenvalue weighted by atomic mass is 10.1. The van der Waals surface area contributed by atoms with Crippen LogP contribution >= 0.6 is 0 Å². The number of nitrogens with one attached hydrogen (secondary N) is 1. The molecule has 0 bridgehead atoms. The first-order chi connectivity index (χ1) is 9.10. The number of hydrogen-bond donors (Lipinski definition) is 2. The van der Waals surface area contributed by atoms with Crippen LogP contribution in [0.5, 0.6) is 0 Å². The van der Waals surface area contributed by atoms with Gasteiger partial charge < -0.3 is 11.1 Å². The molecular formula is C13H16F4N2O. The SMILES string of the molecule is Cc1cc(NC(CCC(F)(F)F)C(N)=O)cc(C)c1F. The second-order valence-electron chi connectivity index (χ2n) is 4.68. The normalized spacial score (nSPS) is 13.1. The number of hydrogen-bond acceptors (Lipinski definition) is 2. The van der Waals surface area contributed by atoms with Crippen LogP contribution in [0.3, 0.4) is 0 Å². The van der Waals surface area contributed by atoms with Gasteiger partial charge in [0.15, 0.2) is 0 Å². The van der Waals surface area contributed by atoms with Gasteiger partial charge in [-0.25, -0.2) is 4.39 Å². The van der Waals surface area contributed by atoms with E-state index in [1.165, 1.54) is 26.0 Å². The molecule has 7 heteroatoms. The van der Waals surface area contributed by atoms with E-state index in [4.69, 9.17) is 5.73 Å². The minimum Gasteiger partial charge on any atom is -0.374 e. The molecule has 1 aromatic rings. The molecular weight excluding hydrogens is 276 g/mol. The van der Waals surface area contributed by atoms with Gasteiger partial charge in [0.1, 0.15) is 11.9 Å². The fourth-order valence-electron chi connectivity index (χ4n) is 1.82. The Morgan fingerprint density at radius 2 is 1.80 bits per heavy atom. The molecule has 1 unspecified atom stereocenters. The van der Waals surface area contributed by atoms with Crippen molar-refractivity contribution in [1.29, 1.82) is 0 Å². The van der Waals surface area contributed by atoms with Gasteiger partial charge in [-0.1, -0.05) is 0 Å². The first-order valence-corrected chi connectivity index (χ1v) is 5.99. The number of alkyl halides is 3. The van der Waals surface area contributed by atoms with E-state index < -0.39 is 31.0 Å². The summed E-state index contributed by atoms with van der Waals surface area (Å²) in [6, 6.07) is 1.69. The summed E-state index contributed by atoms with van der Waals surface area (Å²) in [6.07, 6.45) is -5.94. The molecule has 0 aromatic heterocycles. The molecule has 1 amide bonds. The second-order valence-corrected chi connectivity index (χ2v) is 4.68. The van der Waals surface area contributed by atoms with E-state index in [1.807, 2.05) is 0 Å². The average Bonchev–Trinajstić information content (AvgIpc) is 2.29. The molecule has 0 radical (unpaired) electrons. The maximum Gasteiger partial charge on any atom is 0.389 e. The van der Waals surface area contributed by atoms with E-state index in [0.29, 0.717) is 16.8 Å². The van der Waals surface area contributed by atoms with Crippen molar-refractivity contribution in [3.05, 3.63) is 29.1 Å². The van der Waals surface area contributed by atoms with Crippen LogP contribution in [0.1, 0.15) is 24.0 Å². The van der Waals surface area contributed by atoms with Crippen LogP contribution in [0.25, 0.3) is 0 Å². The van der Waals surface area contributed by atoms with Crippen molar-refractivity contribution in [2.24, 2.45) is 5.73 Å². The van der Waals surface area contributed by atoms with Gasteiger partial charge in [-0.05, 0) is 43.5 Å². The summed E-state index contributed by atoms with van der Waals surface area (Å²) in [5.74, 6) is -1.27. The predicted octanol–water partition coefficient (Wildman–Crippen LogP) is 3.05. The van der Waals surface area contributed by atoms with E-state index >= 15 is 0 Å². The zero-order chi connectivity index (χ0) is 15.5. The Labute approximate surface area is 114 Å². The minimum absolute atomic E-state index is 0.339. The number of carbonyl (C=O) groups excluding carboxylic acids is 1. The Hall–Kier alpha value is -1.79. The highest BCUT2D eigenvalue weighted by Crippen LogP contribution is 2.24. The number of amides is 1. The quantitative estimate of drug-likeness (QED) is 0.820. The third-order valence-corrected chi connectivity index (χ3v) is 2.84. The smallest absolute Gasteiger partial charge is 0.374 e. The molecule has 1 aromatic carbocycles. The van der Waals surface area contributed by atoms with Crippen molar-refractivity contribution in [2.75, 3.05) is 5.32 Å². The molecule has 0 aliphatic rings. The lowest BCUT2D eigenvalue weighted by Crippen LogP contribution is -2.36. The molecule has 112 valence electrons. The van der Waals surface area contributed by atoms with E-state index in [2.05, 4.69) is 5.32 Å². The van der Waals surface area contributed by atoms with Crippen LogP contribution in [-0.2, 0) is 4.79 Å². The van der Waals surface area contributed by atoms with Crippen LogP contribution in [0.4, 0.5) is 23.2 Å². The molecule has 20 heavy (non-hydrogen) atoms. The summed E-state index contributed by atoms with van der Waals surface area (Å²) in [7, 11) is 0. The number of rotatable bonds is 5. The number of aryl methyl sites for hydroxylation is 2. The highest BCUT2D eigenvalue weighted by Gasteiger charge is 2.29. The van der Waals surface area contributed by atoms with Crippen molar-refractivity contribution < 1.29 is 22.4 Å². The van der Waals surface area contributed by atoms with E-state index in [1.54, 1.807) is 0 Å². The van der Waals surface area contributed by atoms with Gasteiger partial charge in [0.2, 0.25) is 5.91 Å². The Morgan fingerprint density at radius 3 is 2.20 bits per heavy atom. The molecule has 3 N–H and O–H groups in total. The maximum absolute atomic E-state index is 13.4. The van der Waals surface area contributed by atoms with E-state index in [9.17, 15) is 22.4 Å². The van der Waals surface area contributed by atoms with Crippen LogP contribution in [-0.4, -0.2) is 18.1 Å². The van der Waals surface area contributed by atoms with Crippen LogP contribution in [0.15, 0.2) is 12.1 Å². The maximum atomic E-state index is 13.4. The van der Waals surface area contributed by atoms with Gasteiger partial charge >= 0.3 is 6.18 Å². The van der Waals surface area contributed by atoms with Gasteiger partial charge in [0.25, 0.3) is 0 Å². The molecule has 0 aliphatic heterocycles. The molecule has 0 fully saturated rings. The largest absolute Gasteiger partial charge is 0.389 e. The third-order valence-electron chi connectivity index (χ3n) is 2.84. The van der Waals surface area contributed by atoms with Crippen LogP contribution in [0.2, 0.25) is 0 Å². The molecule has 0 saturated carbocycles. The third kappa shape index (κ3) is 4.71. The highest BCUT2D eigenvalue weighted by molar-refractivity contribution is 5.83. The fraction of sp³-hybridized carbons (Fsp3) is 0.462. The Bertz CT molecular complexity index is 477. The van der Waals surface area contributed by atoms with Crippen molar-refractivity contribution in [2.45, 2.75) is 38.9 Å². The Kier molecular flexibility index (Phi) is 4.97. The molecule has 0 spiro atoms. The van der Waals surface area contributed by atoms with Gasteiger partial charge in [-0.2, -0.15) is 13.2 Å². The standard InChI is InChI=1S/C13H16F4N2O/c1-7-5-9(6-8(2)11(7)14)19-10(12(18)20)3-4-13(15,16)17/h5-6,10,19H,3-4H2,1-2H3,(H2,18,20). The Balaban J connectivity index is 2.83. The minimum atomic E-state index is -4.36. The van der Waals surface area contributed by atoms with Crippen molar-refractivity contribution in [1.82, 2.24) is 0 Å². The summed E-state index contributed by atoms with van der Waals surface area (Å²) in [5.41, 5.74) is 6.12. The lowest BCUT2D eigenvalue weighted by molar-refractivity contribution is -0.137. The number of primary amides is 1. The molecule has 0 heterocycles. The predicted molar refractivity (Wildman–Crippen MR) is 67.8 cm³/mol. The van der Waals surface area contributed by atoms with E-state index in [0.717, 1.165) is 0 Å². The topological polar surface area (TPSA) is 55.1 Å². The van der Waals surface area contributed by atoms with Crippen molar-refractivity contribution in [3.63, 3.8) is 0 Å².